The van der Waals surface area contributed by atoms with Crippen molar-refractivity contribution in [1.29, 1.82) is 0 Å². The quantitative estimate of drug-likeness (QED) is 0.775. The van der Waals surface area contributed by atoms with E-state index >= 15 is 0 Å². The van der Waals surface area contributed by atoms with E-state index in [4.69, 9.17) is 10.5 Å². The number of nitrogens with zero attached hydrogens (tertiary/aromatic N) is 1. The van der Waals surface area contributed by atoms with E-state index in [0.29, 0.717) is 16.9 Å². The van der Waals surface area contributed by atoms with Crippen molar-refractivity contribution in [1.82, 2.24) is 10.2 Å². The molecule has 0 bridgehead atoms. The zero-order chi connectivity index (χ0) is 14.1. The van der Waals surface area contributed by atoms with Crippen molar-refractivity contribution >= 4 is 17.2 Å². The highest BCUT2D eigenvalue weighted by molar-refractivity contribution is 7.14. The molecule has 2 heterocycles. The van der Waals surface area contributed by atoms with Gasteiger partial charge in [0.15, 0.2) is 5.82 Å². The maximum absolute atomic E-state index is 13.4. The summed E-state index contributed by atoms with van der Waals surface area (Å²) >= 11 is 1.51. The molecule has 20 heavy (non-hydrogen) atoms. The smallest absolute Gasteiger partial charge is 0.153 e. The number of nitrogens with two attached hydrogens (primary N) is 1. The van der Waals surface area contributed by atoms with Gasteiger partial charge in [-0.25, -0.2) is 4.39 Å². The predicted molar refractivity (Wildman–Crippen MR) is 78.3 cm³/mol. The van der Waals surface area contributed by atoms with Gasteiger partial charge in [-0.2, -0.15) is 5.10 Å². The molecule has 0 spiro atoms. The second kappa shape index (κ2) is 4.97. The first-order valence-corrected chi connectivity index (χ1v) is 6.80. The Morgan fingerprint density at radius 2 is 2.20 bits per heavy atom. The van der Waals surface area contributed by atoms with Crippen LogP contribution < -0.4 is 10.5 Å². The molecule has 6 heteroatoms. The number of benzene rings is 1. The standard InChI is InChI=1S/C14H12FN3OS/c1-19-10-5-6-20-13(10)12-11(14(16)18-17-12)8-3-2-4-9(15)7-8/h2-7H,1H3,(H3,16,17,18). The van der Waals surface area contributed by atoms with Gasteiger partial charge < -0.3 is 10.5 Å². The van der Waals surface area contributed by atoms with Crippen LogP contribution in [0.2, 0.25) is 0 Å². The lowest BCUT2D eigenvalue weighted by Gasteiger charge is -2.05. The van der Waals surface area contributed by atoms with Crippen LogP contribution in [0.1, 0.15) is 0 Å². The third-order valence-corrected chi connectivity index (χ3v) is 3.90. The van der Waals surface area contributed by atoms with Crippen LogP contribution in [0.5, 0.6) is 5.75 Å². The molecule has 0 aliphatic carbocycles. The minimum atomic E-state index is -0.313. The Morgan fingerprint density at radius 3 is 2.95 bits per heavy atom. The number of hydrogen-bond acceptors (Lipinski definition) is 4. The molecular formula is C14H12FN3OS. The van der Waals surface area contributed by atoms with Crippen LogP contribution >= 0.6 is 11.3 Å². The molecule has 1 aromatic carbocycles. The van der Waals surface area contributed by atoms with Crippen LogP contribution in [-0.2, 0) is 0 Å². The van der Waals surface area contributed by atoms with E-state index in [9.17, 15) is 4.39 Å². The molecule has 3 rings (SSSR count). The fraction of sp³-hybridized carbons (Fsp3) is 0.0714. The van der Waals surface area contributed by atoms with Gasteiger partial charge >= 0.3 is 0 Å². The van der Waals surface area contributed by atoms with Crippen LogP contribution in [0.25, 0.3) is 21.7 Å². The minimum absolute atomic E-state index is 0.313. The number of thiophene rings is 1. The molecule has 0 aliphatic rings. The van der Waals surface area contributed by atoms with Crippen molar-refractivity contribution in [3.63, 3.8) is 0 Å². The zero-order valence-electron chi connectivity index (χ0n) is 10.7. The normalized spacial score (nSPS) is 10.7. The number of rotatable bonds is 3. The number of ether oxygens (including phenoxy) is 1. The van der Waals surface area contributed by atoms with Crippen molar-refractivity contribution in [2.24, 2.45) is 0 Å². The molecule has 0 radical (unpaired) electrons. The molecule has 3 aromatic rings. The maximum atomic E-state index is 13.4. The largest absolute Gasteiger partial charge is 0.495 e. The van der Waals surface area contributed by atoms with E-state index in [1.807, 2.05) is 11.4 Å². The Hall–Kier alpha value is -2.34. The predicted octanol–water partition coefficient (Wildman–Crippen LogP) is 3.54. The van der Waals surface area contributed by atoms with Crippen molar-refractivity contribution in [3.05, 3.63) is 41.5 Å². The van der Waals surface area contributed by atoms with E-state index in [-0.39, 0.29) is 5.82 Å². The van der Waals surface area contributed by atoms with Gasteiger partial charge in [0.1, 0.15) is 11.6 Å². The van der Waals surface area contributed by atoms with Crippen LogP contribution in [0, 0.1) is 5.82 Å². The third-order valence-electron chi connectivity index (χ3n) is 2.98. The number of aromatic amines is 1. The van der Waals surface area contributed by atoms with Crippen molar-refractivity contribution in [2.75, 3.05) is 12.8 Å². The fourth-order valence-electron chi connectivity index (χ4n) is 2.10. The summed E-state index contributed by atoms with van der Waals surface area (Å²) in [5.41, 5.74) is 8.02. The van der Waals surface area contributed by atoms with Gasteiger partial charge in [-0.3, -0.25) is 5.10 Å². The molecule has 0 saturated carbocycles. The lowest BCUT2D eigenvalue weighted by Crippen LogP contribution is -1.89. The first-order valence-electron chi connectivity index (χ1n) is 5.92. The summed E-state index contributed by atoms with van der Waals surface area (Å²) in [7, 11) is 1.60. The van der Waals surface area contributed by atoms with Gasteiger partial charge in [0.2, 0.25) is 0 Å². The highest BCUT2D eigenvalue weighted by Gasteiger charge is 2.19. The highest BCUT2D eigenvalue weighted by atomic mass is 32.1. The average Bonchev–Trinajstić information content (AvgIpc) is 3.04. The molecule has 2 aromatic heterocycles. The summed E-state index contributed by atoms with van der Waals surface area (Å²) in [6.45, 7) is 0. The Labute approximate surface area is 119 Å². The number of nitrogen functional groups attached to an aromatic ring is 1. The van der Waals surface area contributed by atoms with Gasteiger partial charge in [0, 0.05) is 0 Å². The number of halogens is 1. The molecule has 0 atom stereocenters. The van der Waals surface area contributed by atoms with Crippen LogP contribution in [0.4, 0.5) is 10.2 Å². The first-order chi connectivity index (χ1) is 9.70. The monoisotopic (exact) mass is 289 g/mol. The van der Waals surface area contributed by atoms with Crippen LogP contribution in [-0.4, -0.2) is 17.3 Å². The zero-order valence-corrected chi connectivity index (χ0v) is 11.5. The number of nitrogens with one attached hydrogen (secondary N) is 1. The molecular weight excluding hydrogens is 277 g/mol. The van der Waals surface area contributed by atoms with E-state index < -0.39 is 0 Å². The lowest BCUT2D eigenvalue weighted by molar-refractivity contribution is 0.418. The van der Waals surface area contributed by atoms with Crippen LogP contribution in [0.3, 0.4) is 0 Å². The summed E-state index contributed by atoms with van der Waals surface area (Å²) in [6, 6.07) is 8.14. The molecule has 0 aliphatic heterocycles. The summed E-state index contributed by atoms with van der Waals surface area (Å²) in [4.78, 5) is 0.885. The minimum Gasteiger partial charge on any atom is -0.495 e. The number of anilines is 1. The Kier molecular flexibility index (Phi) is 3.15. The number of hydrogen-bond donors (Lipinski definition) is 2. The molecule has 0 fully saturated rings. The fourth-order valence-corrected chi connectivity index (χ4v) is 2.96. The lowest BCUT2D eigenvalue weighted by atomic mass is 10.0. The SMILES string of the molecule is COc1ccsc1-c1[nH]nc(N)c1-c1cccc(F)c1. The molecule has 4 nitrogen and oxygen atoms in total. The topological polar surface area (TPSA) is 63.9 Å². The molecule has 0 saturated heterocycles. The molecule has 0 amide bonds. The second-order valence-corrected chi connectivity index (χ2v) is 5.10. The third kappa shape index (κ3) is 2.04. The summed E-state index contributed by atoms with van der Waals surface area (Å²) in [6.07, 6.45) is 0. The van der Waals surface area contributed by atoms with E-state index in [1.165, 1.54) is 23.5 Å². The Bertz CT molecular complexity index is 750. The summed E-state index contributed by atoms with van der Waals surface area (Å²) < 4.78 is 18.7. The summed E-state index contributed by atoms with van der Waals surface area (Å²) in [5, 5.41) is 8.85. The highest BCUT2D eigenvalue weighted by Crippen LogP contribution is 2.41. The van der Waals surface area contributed by atoms with E-state index in [0.717, 1.165) is 16.3 Å². The van der Waals surface area contributed by atoms with Crippen molar-refractivity contribution < 1.29 is 9.13 Å². The summed E-state index contributed by atoms with van der Waals surface area (Å²) in [5.74, 6) is 0.754. The first kappa shape index (κ1) is 12.7. The van der Waals surface area contributed by atoms with Crippen LogP contribution in [0.15, 0.2) is 35.7 Å². The van der Waals surface area contributed by atoms with Gasteiger partial charge in [-0.1, -0.05) is 12.1 Å². The number of aromatic nitrogens is 2. The van der Waals surface area contributed by atoms with Crippen molar-refractivity contribution in [3.8, 4) is 27.4 Å². The van der Waals surface area contributed by atoms with Crippen molar-refractivity contribution in [2.45, 2.75) is 0 Å². The molecule has 3 N–H and O–H groups in total. The second-order valence-electron chi connectivity index (χ2n) is 4.19. The number of H-pyrrole nitrogens is 1. The van der Waals surface area contributed by atoms with Gasteiger partial charge in [0.05, 0.1) is 23.2 Å². The Morgan fingerprint density at radius 1 is 1.35 bits per heavy atom. The average molecular weight is 289 g/mol. The van der Waals surface area contributed by atoms with E-state index in [2.05, 4.69) is 10.2 Å². The Balaban J connectivity index is 2.20. The van der Waals surface area contributed by atoms with Gasteiger partial charge in [0.25, 0.3) is 0 Å². The molecule has 102 valence electrons. The maximum Gasteiger partial charge on any atom is 0.153 e. The molecule has 0 unspecified atom stereocenters. The van der Waals surface area contributed by atoms with Gasteiger partial charge in [-0.05, 0) is 29.1 Å². The van der Waals surface area contributed by atoms with E-state index in [1.54, 1.807) is 19.2 Å². The number of methoxy groups -OCH3 is 1. The van der Waals surface area contributed by atoms with Gasteiger partial charge in [-0.15, -0.1) is 11.3 Å².